The van der Waals surface area contributed by atoms with Crippen molar-refractivity contribution < 1.29 is 18.0 Å². The Morgan fingerprint density at radius 2 is 1.90 bits per heavy atom. The fraction of sp³-hybridized carbons (Fsp3) is 0.556. The van der Waals surface area contributed by atoms with E-state index in [2.05, 4.69) is 20.8 Å². The lowest BCUT2D eigenvalue weighted by atomic mass is 10.3. The second-order valence-electron chi connectivity index (χ2n) is 3.96. The molecule has 1 aromatic rings. The number of carbonyl (C=O) groups excluding carboxylic acids is 2. The summed E-state index contributed by atoms with van der Waals surface area (Å²) in [5.41, 5.74) is 5.26. The van der Waals surface area contributed by atoms with Crippen LogP contribution in [0.4, 0.5) is 5.13 Å². The van der Waals surface area contributed by atoms with E-state index in [1.165, 1.54) is 0 Å². The minimum atomic E-state index is -3.93. The summed E-state index contributed by atoms with van der Waals surface area (Å²) >= 11 is 0.651. The zero-order chi connectivity index (χ0) is 15.9. The Hall–Kier alpha value is -1.63. The second-order valence-corrected chi connectivity index (χ2v) is 6.67. The van der Waals surface area contributed by atoms with Crippen molar-refractivity contribution >= 4 is 38.3 Å². The van der Waals surface area contributed by atoms with Crippen LogP contribution in [-0.2, 0) is 19.6 Å². The van der Waals surface area contributed by atoms with Crippen molar-refractivity contribution in [1.82, 2.24) is 15.5 Å². The third-order valence-corrected chi connectivity index (χ3v) is 4.33. The SMILES string of the molecule is NCCCC(=O)NCCC(=O)Nc1nnc(S(N)(=O)=O)s1. The number of sulfonamides is 1. The number of hydrogen-bond donors (Lipinski definition) is 4. The highest BCUT2D eigenvalue weighted by Gasteiger charge is 2.16. The lowest BCUT2D eigenvalue weighted by molar-refractivity contribution is -0.121. The van der Waals surface area contributed by atoms with Gasteiger partial charge in [-0.2, -0.15) is 0 Å². The first-order chi connectivity index (χ1) is 9.82. The third-order valence-electron chi connectivity index (χ3n) is 2.18. The number of nitrogens with two attached hydrogens (primary N) is 2. The molecule has 1 heterocycles. The van der Waals surface area contributed by atoms with Crippen LogP contribution in [0.15, 0.2) is 4.34 Å². The van der Waals surface area contributed by atoms with E-state index in [9.17, 15) is 18.0 Å². The van der Waals surface area contributed by atoms with Crippen molar-refractivity contribution in [1.29, 1.82) is 0 Å². The molecule has 0 saturated carbocycles. The molecule has 1 aromatic heterocycles. The number of hydrogen-bond acceptors (Lipinski definition) is 8. The van der Waals surface area contributed by atoms with E-state index in [1.54, 1.807) is 0 Å². The van der Waals surface area contributed by atoms with E-state index in [0.717, 1.165) is 0 Å². The van der Waals surface area contributed by atoms with Gasteiger partial charge in [-0.1, -0.05) is 11.3 Å². The van der Waals surface area contributed by atoms with E-state index in [4.69, 9.17) is 10.9 Å². The second kappa shape index (κ2) is 7.97. The van der Waals surface area contributed by atoms with E-state index in [1.807, 2.05) is 0 Å². The zero-order valence-corrected chi connectivity index (χ0v) is 12.7. The van der Waals surface area contributed by atoms with Gasteiger partial charge in [0.2, 0.25) is 21.3 Å². The first-order valence-corrected chi connectivity index (χ1v) is 8.32. The number of primary sulfonamides is 1. The number of amides is 2. The van der Waals surface area contributed by atoms with E-state index in [-0.39, 0.29) is 28.3 Å². The van der Waals surface area contributed by atoms with Gasteiger partial charge in [0.25, 0.3) is 10.0 Å². The average Bonchev–Trinajstić information content (AvgIpc) is 2.84. The van der Waals surface area contributed by atoms with E-state index < -0.39 is 15.9 Å². The van der Waals surface area contributed by atoms with Crippen LogP contribution in [0, 0.1) is 0 Å². The van der Waals surface area contributed by atoms with Crippen molar-refractivity contribution in [3.05, 3.63) is 0 Å². The molecule has 0 spiro atoms. The highest BCUT2D eigenvalue weighted by atomic mass is 32.2. The van der Waals surface area contributed by atoms with Crippen LogP contribution in [0.1, 0.15) is 19.3 Å². The molecule has 0 fully saturated rings. The summed E-state index contributed by atoms with van der Waals surface area (Å²) in [6.07, 6.45) is 0.921. The lowest BCUT2D eigenvalue weighted by Gasteiger charge is -2.04. The van der Waals surface area contributed by atoms with Crippen LogP contribution in [0.2, 0.25) is 0 Å². The van der Waals surface area contributed by atoms with Crippen LogP contribution >= 0.6 is 11.3 Å². The molecule has 2 amide bonds. The van der Waals surface area contributed by atoms with Gasteiger partial charge in [-0.15, -0.1) is 10.2 Å². The molecular formula is C9H16N6O4S2. The Labute approximate surface area is 125 Å². The minimum Gasteiger partial charge on any atom is -0.356 e. The smallest absolute Gasteiger partial charge is 0.267 e. The molecule has 0 saturated heterocycles. The Kier molecular flexibility index (Phi) is 6.61. The summed E-state index contributed by atoms with van der Waals surface area (Å²) in [4.78, 5) is 22.8. The summed E-state index contributed by atoms with van der Waals surface area (Å²) in [6, 6.07) is 0. The maximum atomic E-state index is 11.5. The number of carbonyl (C=O) groups is 2. The molecule has 6 N–H and O–H groups in total. The first kappa shape index (κ1) is 17.4. The summed E-state index contributed by atoms with van der Waals surface area (Å²) in [5.74, 6) is -0.605. The standard InChI is InChI=1S/C9H16N6O4S2/c10-4-1-2-6(16)12-5-3-7(17)13-8-14-15-9(20-8)21(11,18)19/h1-5,10H2,(H,12,16)(H2,11,18,19)(H,13,14,17). The Morgan fingerprint density at radius 3 is 2.48 bits per heavy atom. The number of nitrogens with zero attached hydrogens (tertiary/aromatic N) is 2. The van der Waals surface area contributed by atoms with Gasteiger partial charge in [0.15, 0.2) is 0 Å². The number of nitrogens with one attached hydrogen (secondary N) is 2. The van der Waals surface area contributed by atoms with Crippen LogP contribution in [0.5, 0.6) is 0 Å². The largest absolute Gasteiger partial charge is 0.356 e. The van der Waals surface area contributed by atoms with E-state index in [0.29, 0.717) is 30.7 Å². The Bertz CT molecular complexity index is 599. The molecule has 12 heteroatoms. The molecular weight excluding hydrogens is 320 g/mol. The van der Waals surface area contributed by atoms with Gasteiger partial charge in [0.1, 0.15) is 0 Å². The van der Waals surface area contributed by atoms with Crippen molar-refractivity contribution in [3.63, 3.8) is 0 Å². The highest BCUT2D eigenvalue weighted by molar-refractivity contribution is 7.91. The number of anilines is 1. The van der Waals surface area contributed by atoms with E-state index >= 15 is 0 Å². The van der Waals surface area contributed by atoms with Gasteiger partial charge in [0, 0.05) is 19.4 Å². The average molecular weight is 336 g/mol. The maximum absolute atomic E-state index is 11.5. The fourth-order valence-corrected chi connectivity index (χ4v) is 2.57. The van der Waals surface area contributed by atoms with Gasteiger partial charge in [0.05, 0.1) is 0 Å². The van der Waals surface area contributed by atoms with Crippen LogP contribution in [0.3, 0.4) is 0 Å². The van der Waals surface area contributed by atoms with Gasteiger partial charge in [-0.3, -0.25) is 9.59 Å². The van der Waals surface area contributed by atoms with Crippen molar-refractivity contribution in [2.45, 2.75) is 23.6 Å². The fourth-order valence-electron chi connectivity index (χ4n) is 1.22. The quantitative estimate of drug-likeness (QED) is 0.413. The molecule has 0 unspecified atom stereocenters. The first-order valence-electron chi connectivity index (χ1n) is 5.96. The summed E-state index contributed by atoms with van der Waals surface area (Å²) in [7, 11) is -3.93. The molecule has 0 aliphatic carbocycles. The Balaban J connectivity index is 2.34. The van der Waals surface area contributed by atoms with Gasteiger partial charge in [-0.25, -0.2) is 13.6 Å². The summed E-state index contributed by atoms with van der Waals surface area (Å²) in [6.45, 7) is 0.591. The number of aromatic nitrogens is 2. The van der Waals surface area contributed by atoms with Crippen molar-refractivity contribution in [2.24, 2.45) is 10.9 Å². The molecule has 0 aliphatic heterocycles. The number of rotatable bonds is 8. The molecule has 0 aliphatic rings. The van der Waals surface area contributed by atoms with Gasteiger partial charge in [-0.05, 0) is 13.0 Å². The van der Waals surface area contributed by atoms with Crippen LogP contribution in [0.25, 0.3) is 0 Å². The highest BCUT2D eigenvalue weighted by Crippen LogP contribution is 2.18. The van der Waals surface area contributed by atoms with Crippen LogP contribution < -0.4 is 21.5 Å². The van der Waals surface area contributed by atoms with Crippen molar-refractivity contribution in [2.75, 3.05) is 18.4 Å². The zero-order valence-electron chi connectivity index (χ0n) is 11.0. The molecule has 10 nitrogen and oxygen atoms in total. The van der Waals surface area contributed by atoms with Crippen LogP contribution in [-0.4, -0.2) is 43.5 Å². The predicted molar refractivity (Wildman–Crippen MR) is 75.8 cm³/mol. The van der Waals surface area contributed by atoms with Crippen molar-refractivity contribution in [3.8, 4) is 0 Å². The normalized spacial score (nSPS) is 11.1. The van der Waals surface area contributed by atoms with Gasteiger partial charge >= 0.3 is 0 Å². The predicted octanol–water partition coefficient (Wildman–Crippen LogP) is -1.63. The van der Waals surface area contributed by atoms with Gasteiger partial charge < -0.3 is 16.4 Å². The molecule has 1 rings (SSSR count). The molecule has 0 bridgehead atoms. The minimum absolute atomic E-state index is 0.0264. The summed E-state index contributed by atoms with van der Waals surface area (Å²) < 4.78 is 21.6. The summed E-state index contributed by atoms with van der Waals surface area (Å²) in [5, 5.41) is 16.6. The monoisotopic (exact) mass is 336 g/mol. The molecule has 0 atom stereocenters. The molecule has 21 heavy (non-hydrogen) atoms. The molecule has 0 radical (unpaired) electrons. The Morgan fingerprint density at radius 1 is 1.19 bits per heavy atom. The lowest BCUT2D eigenvalue weighted by Crippen LogP contribution is -2.27. The maximum Gasteiger partial charge on any atom is 0.267 e. The topological polar surface area (TPSA) is 170 Å². The molecule has 118 valence electrons. The molecule has 0 aromatic carbocycles. The third kappa shape index (κ3) is 6.57.